The molecule has 0 radical (unpaired) electrons. The summed E-state index contributed by atoms with van der Waals surface area (Å²) in [6, 6.07) is 7.51. The van der Waals surface area contributed by atoms with E-state index in [-0.39, 0.29) is 5.91 Å². The van der Waals surface area contributed by atoms with Crippen molar-refractivity contribution in [3.8, 4) is 0 Å². The zero-order chi connectivity index (χ0) is 17.1. The van der Waals surface area contributed by atoms with Crippen LogP contribution in [0.25, 0.3) is 0 Å². The van der Waals surface area contributed by atoms with Gasteiger partial charge in [-0.25, -0.2) is 9.97 Å². The molecule has 3 rings (SSSR count). The summed E-state index contributed by atoms with van der Waals surface area (Å²) in [5, 5.41) is 7.35. The van der Waals surface area contributed by atoms with Crippen LogP contribution < -0.4 is 10.6 Å². The van der Waals surface area contributed by atoms with E-state index in [0.717, 1.165) is 18.4 Å². The SMILES string of the molecule is Cc1nc(NC2CC2)cc(C(=O)NCCc2ccc(Cl)cc2Cl)n1. The molecule has 1 heterocycles. The summed E-state index contributed by atoms with van der Waals surface area (Å²) in [6.45, 7) is 2.25. The third-order valence-electron chi connectivity index (χ3n) is 3.69. The van der Waals surface area contributed by atoms with Gasteiger partial charge in [0.05, 0.1) is 0 Å². The second kappa shape index (κ2) is 7.36. The molecule has 1 amide bonds. The van der Waals surface area contributed by atoms with Gasteiger partial charge >= 0.3 is 0 Å². The van der Waals surface area contributed by atoms with Gasteiger partial charge in [-0.2, -0.15) is 0 Å². The van der Waals surface area contributed by atoms with Gasteiger partial charge in [0.1, 0.15) is 17.3 Å². The Labute approximate surface area is 150 Å². The molecular formula is C17H18Cl2N4O. The number of rotatable bonds is 6. The van der Waals surface area contributed by atoms with Crippen LogP contribution in [0.3, 0.4) is 0 Å². The number of aryl methyl sites for hydroxylation is 1. The molecule has 7 heteroatoms. The molecule has 1 aromatic carbocycles. The molecule has 2 N–H and O–H groups in total. The Balaban J connectivity index is 1.59. The molecule has 1 saturated carbocycles. The molecule has 1 aliphatic carbocycles. The summed E-state index contributed by atoms with van der Waals surface area (Å²) in [5.74, 6) is 1.06. The van der Waals surface area contributed by atoms with E-state index in [0.29, 0.717) is 46.4 Å². The minimum absolute atomic E-state index is 0.218. The van der Waals surface area contributed by atoms with Crippen molar-refractivity contribution in [1.29, 1.82) is 0 Å². The molecule has 0 atom stereocenters. The van der Waals surface area contributed by atoms with Gasteiger partial charge in [0, 0.05) is 28.7 Å². The Hall–Kier alpha value is -1.85. The van der Waals surface area contributed by atoms with Gasteiger partial charge in [-0.1, -0.05) is 29.3 Å². The van der Waals surface area contributed by atoms with E-state index >= 15 is 0 Å². The van der Waals surface area contributed by atoms with Crippen LogP contribution in [0.15, 0.2) is 24.3 Å². The summed E-state index contributed by atoms with van der Waals surface area (Å²) < 4.78 is 0. The fourth-order valence-corrected chi connectivity index (χ4v) is 2.82. The van der Waals surface area contributed by atoms with Gasteiger partial charge in [-0.05, 0) is 43.9 Å². The summed E-state index contributed by atoms with van der Waals surface area (Å²) in [5.41, 5.74) is 1.31. The van der Waals surface area contributed by atoms with E-state index in [2.05, 4.69) is 20.6 Å². The van der Waals surface area contributed by atoms with Crippen molar-refractivity contribution >= 4 is 34.9 Å². The van der Waals surface area contributed by atoms with Crippen LogP contribution in [0.4, 0.5) is 5.82 Å². The first kappa shape index (κ1) is 17.0. The van der Waals surface area contributed by atoms with Crippen LogP contribution in [0, 0.1) is 6.92 Å². The second-order valence-electron chi connectivity index (χ2n) is 5.85. The summed E-state index contributed by atoms with van der Waals surface area (Å²) in [6.07, 6.45) is 2.91. The number of benzene rings is 1. The number of halogens is 2. The summed E-state index contributed by atoms with van der Waals surface area (Å²) in [7, 11) is 0. The zero-order valence-corrected chi connectivity index (χ0v) is 14.8. The van der Waals surface area contributed by atoms with E-state index in [1.54, 1.807) is 25.1 Å². The highest BCUT2D eigenvalue weighted by atomic mass is 35.5. The monoisotopic (exact) mass is 364 g/mol. The average molecular weight is 365 g/mol. The fraction of sp³-hybridized carbons (Fsp3) is 0.353. The van der Waals surface area contributed by atoms with Gasteiger partial charge in [0.2, 0.25) is 0 Å². The van der Waals surface area contributed by atoms with E-state index < -0.39 is 0 Å². The number of carbonyl (C=O) groups excluding carboxylic acids is 1. The van der Waals surface area contributed by atoms with Crippen LogP contribution in [0.1, 0.15) is 34.7 Å². The lowest BCUT2D eigenvalue weighted by atomic mass is 10.1. The largest absolute Gasteiger partial charge is 0.367 e. The fourth-order valence-electron chi connectivity index (χ4n) is 2.32. The Bertz CT molecular complexity index is 762. The lowest BCUT2D eigenvalue weighted by Crippen LogP contribution is -2.27. The molecule has 1 fully saturated rings. The summed E-state index contributed by atoms with van der Waals surface area (Å²) >= 11 is 12.0. The molecule has 1 aliphatic rings. The molecule has 0 saturated heterocycles. The van der Waals surface area contributed by atoms with Crippen molar-refractivity contribution in [2.75, 3.05) is 11.9 Å². The van der Waals surface area contributed by atoms with Gasteiger partial charge in [0.25, 0.3) is 5.91 Å². The Morgan fingerprint density at radius 3 is 2.75 bits per heavy atom. The number of anilines is 1. The van der Waals surface area contributed by atoms with Crippen LogP contribution in [0.2, 0.25) is 10.0 Å². The molecule has 0 aliphatic heterocycles. The molecular weight excluding hydrogens is 347 g/mol. The number of nitrogens with zero attached hydrogens (tertiary/aromatic N) is 2. The zero-order valence-electron chi connectivity index (χ0n) is 13.3. The third-order valence-corrected chi connectivity index (χ3v) is 4.28. The lowest BCUT2D eigenvalue weighted by molar-refractivity contribution is 0.0949. The number of carbonyl (C=O) groups is 1. The van der Waals surface area contributed by atoms with Crippen molar-refractivity contribution in [1.82, 2.24) is 15.3 Å². The number of hydrogen-bond acceptors (Lipinski definition) is 4. The first-order valence-electron chi connectivity index (χ1n) is 7.85. The van der Waals surface area contributed by atoms with E-state index in [4.69, 9.17) is 23.2 Å². The van der Waals surface area contributed by atoms with Crippen LogP contribution in [-0.4, -0.2) is 28.5 Å². The second-order valence-corrected chi connectivity index (χ2v) is 6.69. The van der Waals surface area contributed by atoms with Gasteiger partial charge in [0.15, 0.2) is 0 Å². The van der Waals surface area contributed by atoms with E-state index in [1.165, 1.54) is 0 Å². The Kier molecular flexibility index (Phi) is 5.21. The lowest BCUT2D eigenvalue weighted by Gasteiger charge is -2.09. The quantitative estimate of drug-likeness (QED) is 0.820. The standard InChI is InChI=1S/C17H18Cl2N4O/c1-10-21-15(9-16(22-10)23-13-4-5-13)17(24)20-7-6-11-2-3-12(18)8-14(11)19/h2-3,8-9,13H,4-7H2,1H3,(H,20,24)(H,21,22,23). The summed E-state index contributed by atoms with van der Waals surface area (Å²) in [4.78, 5) is 20.8. The molecule has 2 aromatic rings. The van der Waals surface area contributed by atoms with Crippen molar-refractivity contribution < 1.29 is 4.79 Å². The highest BCUT2D eigenvalue weighted by molar-refractivity contribution is 6.35. The van der Waals surface area contributed by atoms with Gasteiger partial charge in [-0.3, -0.25) is 4.79 Å². The maximum absolute atomic E-state index is 12.3. The minimum Gasteiger partial charge on any atom is -0.367 e. The van der Waals surface area contributed by atoms with Gasteiger partial charge in [-0.15, -0.1) is 0 Å². The first-order chi connectivity index (χ1) is 11.5. The highest BCUT2D eigenvalue weighted by Crippen LogP contribution is 2.24. The normalized spacial score (nSPS) is 13.6. The minimum atomic E-state index is -0.218. The molecule has 0 bridgehead atoms. The smallest absolute Gasteiger partial charge is 0.270 e. The van der Waals surface area contributed by atoms with Crippen molar-refractivity contribution in [2.45, 2.75) is 32.2 Å². The number of nitrogens with one attached hydrogen (secondary N) is 2. The highest BCUT2D eigenvalue weighted by Gasteiger charge is 2.22. The number of amides is 1. The Morgan fingerprint density at radius 1 is 1.25 bits per heavy atom. The van der Waals surface area contributed by atoms with Crippen LogP contribution in [0.5, 0.6) is 0 Å². The first-order valence-corrected chi connectivity index (χ1v) is 8.61. The number of aromatic nitrogens is 2. The van der Waals surface area contributed by atoms with Crippen molar-refractivity contribution in [2.24, 2.45) is 0 Å². The predicted octanol–water partition coefficient (Wildman–Crippen LogP) is 3.64. The Morgan fingerprint density at radius 2 is 2.04 bits per heavy atom. The maximum atomic E-state index is 12.3. The van der Waals surface area contributed by atoms with Crippen LogP contribution in [-0.2, 0) is 6.42 Å². The molecule has 0 unspecified atom stereocenters. The maximum Gasteiger partial charge on any atom is 0.270 e. The third kappa shape index (κ3) is 4.58. The van der Waals surface area contributed by atoms with Crippen molar-refractivity contribution in [3.05, 3.63) is 51.4 Å². The topological polar surface area (TPSA) is 66.9 Å². The molecule has 5 nitrogen and oxygen atoms in total. The van der Waals surface area contributed by atoms with Crippen molar-refractivity contribution in [3.63, 3.8) is 0 Å². The van der Waals surface area contributed by atoms with E-state index in [1.807, 2.05) is 6.07 Å². The predicted molar refractivity (Wildman–Crippen MR) is 95.9 cm³/mol. The van der Waals surface area contributed by atoms with Crippen LogP contribution >= 0.6 is 23.2 Å². The van der Waals surface area contributed by atoms with E-state index in [9.17, 15) is 4.79 Å². The molecule has 126 valence electrons. The molecule has 24 heavy (non-hydrogen) atoms. The average Bonchev–Trinajstić information content (AvgIpc) is 3.32. The van der Waals surface area contributed by atoms with Gasteiger partial charge < -0.3 is 10.6 Å². The number of hydrogen-bond donors (Lipinski definition) is 2. The molecule has 1 aromatic heterocycles. The molecule has 0 spiro atoms.